The Hall–Kier alpha value is -2.90. The zero-order chi connectivity index (χ0) is 17.8. The molecule has 11 heteroatoms. The first-order valence-corrected chi connectivity index (χ1v) is 8.14. The van der Waals surface area contributed by atoms with Crippen LogP contribution in [0.3, 0.4) is 0 Å². The van der Waals surface area contributed by atoms with E-state index in [9.17, 15) is 4.39 Å². The molecular weight excluding hydrogens is 367 g/mol. The fraction of sp³-hybridized carbons (Fsp3) is 0.143. The molecule has 1 unspecified atom stereocenters. The Morgan fingerprint density at radius 3 is 2.68 bits per heavy atom. The lowest BCUT2D eigenvalue weighted by molar-refractivity contribution is 0.604. The SMILES string of the molecule is CC(Nc1nc(Cl)cc(Nc2ncc(C#N)s2)n1)c1ncc(F)cn1. The smallest absolute Gasteiger partial charge is 0.226 e. The Labute approximate surface area is 150 Å². The molecule has 126 valence electrons. The predicted octanol–water partition coefficient (Wildman–Crippen LogP) is 3.30. The van der Waals surface area contributed by atoms with Crippen LogP contribution in [0.15, 0.2) is 24.7 Å². The molecule has 0 aliphatic rings. The lowest BCUT2D eigenvalue weighted by Gasteiger charge is -2.13. The first-order valence-electron chi connectivity index (χ1n) is 6.95. The topological polar surface area (TPSA) is 112 Å². The van der Waals surface area contributed by atoms with Crippen molar-refractivity contribution in [3.05, 3.63) is 46.3 Å². The summed E-state index contributed by atoms with van der Waals surface area (Å²) < 4.78 is 12.9. The molecule has 0 spiro atoms. The number of nitrogens with one attached hydrogen (secondary N) is 2. The number of hydrogen-bond acceptors (Lipinski definition) is 9. The second-order valence-electron chi connectivity index (χ2n) is 4.79. The van der Waals surface area contributed by atoms with E-state index in [4.69, 9.17) is 16.9 Å². The molecule has 0 saturated carbocycles. The van der Waals surface area contributed by atoms with E-state index < -0.39 is 5.82 Å². The Kier molecular flexibility index (Phi) is 4.97. The highest BCUT2D eigenvalue weighted by Gasteiger charge is 2.12. The fourth-order valence-electron chi connectivity index (χ4n) is 1.84. The van der Waals surface area contributed by atoms with Gasteiger partial charge in [0.25, 0.3) is 0 Å². The summed E-state index contributed by atoms with van der Waals surface area (Å²) in [4.78, 5) is 20.7. The lowest BCUT2D eigenvalue weighted by atomic mass is 10.3. The molecule has 0 radical (unpaired) electrons. The molecule has 2 N–H and O–H groups in total. The third-order valence-electron chi connectivity index (χ3n) is 2.92. The maximum atomic E-state index is 12.9. The summed E-state index contributed by atoms with van der Waals surface area (Å²) in [6.45, 7) is 1.78. The molecule has 0 aliphatic carbocycles. The average molecular weight is 377 g/mol. The van der Waals surface area contributed by atoms with Crippen molar-refractivity contribution >= 4 is 39.8 Å². The number of nitriles is 1. The Morgan fingerprint density at radius 1 is 1.24 bits per heavy atom. The van der Waals surface area contributed by atoms with Gasteiger partial charge in [-0.2, -0.15) is 10.2 Å². The summed E-state index contributed by atoms with van der Waals surface area (Å²) in [5, 5.41) is 15.5. The van der Waals surface area contributed by atoms with Crippen LogP contribution in [0.4, 0.5) is 21.3 Å². The van der Waals surface area contributed by atoms with E-state index in [2.05, 4.69) is 35.6 Å². The van der Waals surface area contributed by atoms with Crippen LogP contribution in [0.2, 0.25) is 5.15 Å². The highest BCUT2D eigenvalue weighted by Crippen LogP contribution is 2.24. The molecule has 3 aromatic rings. The van der Waals surface area contributed by atoms with Crippen molar-refractivity contribution in [1.82, 2.24) is 24.9 Å². The second-order valence-corrected chi connectivity index (χ2v) is 6.21. The van der Waals surface area contributed by atoms with Gasteiger partial charge in [-0.1, -0.05) is 22.9 Å². The molecule has 8 nitrogen and oxygen atoms in total. The van der Waals surface area contributed by atoms with Crippen LogP contribution in [-0.4, -0.2) is 24.9 Å². The van der Waals surface area contributed by atoms with E-state index in [0.717, 1.165) is 12.4 Å². The second kappa shape index (κ2) is 7.33. The van der Waals surface area contributed by atoms with E-state index in [-0.39, 0.29) is 17.1 Å². The van der Waals surface area contributed by atoms with Crippen molar-refractivity contribution < 1.29 is 4.39 Å². The minimum atomic E-state index is -0.512. The van der Waals surface area contributed by atoms with Gasteiger partial charge in [-0.3, -0.25) is 0 Å². The summed E-state index contributed by atoms with van der Waals surface area (Å²) in [6.07, 6.45) is 3.63. The quantitative estimate of drug-likeness (QED) is 0.652. The van der Waals surface area contributed by atoms with Crippen molar-refractivity contribution in [3.63, 3.8) is 0 Å². The molecule has 0 fully saturated rings. The minimum Gasteiger partial charge on any atom is -0.344 e. The average Bonchev–Trinajstić information content (AvgIpc) is 3.02. The molecule has 25 heavy (non-hydrogen) atoms. The van der Waals surface area contributed by atoms with Gasteiger partial charge in [0.2, 0.25) is 5.95 Å². The summed E-state index contributed by atoms with van der Waals surface area (Å²) in [5.74, 6) is 0.528. The molecular formula is C14H10ClFN8S. The third kappa shape index (κ3) is 4.34. The van der Waals surface area contributed by atoms with Crippen LogP contribution in [-0.2, 0) is 0 Å². The molecule has 0 aliphatic heterocycles. The molecule has 3 rings (SSSR count). The van der Waals surface area contributed by atoms with Gasteiger partial charge in [-0.25, -0.2) is 24.3 Å². The number of halogens is 2. The Balaban J connectivity index is 1.76. The number of nitrogens with zero attached hydrogens (tertiary/aromatic N) is 6. The van der Waals surface area contributed by atoms with Crippen LogP contribution in [0.5, 0.6) is 0 Å². The standard InChI is InChI=1S/C14H10ClFN8S/c1-7(12-18-4-8(16)5-19-12)21-13-22-10(15)2-11(23-13)24-14-20-6-9(3-17)25-14/h2,4-7H,1H3,(H2,20,21,22,23,24). The molecule has 1 atom stereocenters. The largest absolute Gasteiger partial charge is 0.344 e. The number of anilines is 3. The maximum absolute atomic E-state index is 12.9. The van der Waals surface area contributed by atoms with Crippen LogP contribution in [0, 0.1) is 17.1 Å². The number of hydrogen-bond donors (Lipinski definition) is 2. The van der Waals surface area contributed by atoms with Gasteiger partial charge in [0.15, 0.2) is 10.9 Å². The fourth-order valence-corrected chi connectivity index (χ4v) is 2.65. The van der Waals surface area contributed by atoms with Gasteiger partial charge in [0, 0.05) is 6.07 Å². The van der Waals surface area contributed by atoms with E-state index >= 15 is 0 Å². The zero-order valence-electron chi connectivity index (χ0n) is 12.7. The first-order chi connectivity index (χ1) is 12.0. The summed E-state index contributed by atoms with van der Waals surface area (Å²) in [6, 6.07) is 3.17. The van der Waals surface area contributed by atoms with Gasteiger partial charge < -0.3 is 10.6 Å². The van der Waals surface area contributed by atoms with Crippen molar-refractivity contribution in [2.75, 3.05) is 10.6 Å². The van der Waals surface area contributed by atoms with Crippen molar-refractivity contribution in [1.29, 1.82) is 5.26 Å². The lowest BCUT2D eigenvalue weighted by Crippen LogP contribution is -2.13. The highest BCUT2D eigenvalue weighted by atomic mass is 35.5. The van der Waals surface area contributed by atoms with Crippen LogP contribution in [0.1, 0.15) is 23.7 Å². The molecule has 0 bridgehead atoms. The van der Waals surface area contributed by atoms with Gasteiger partial charge in [0.05, 0.1) is 24.6 Å². The Bertz CT molecular complexity index is 923. The molecule has 0 saturated heterocycles. The van der Waals surface area contributed by atoms with E-state index in [1.165, 1.54) is 23.6 Å². The Morgan fingerprint density at radius 2 is 2.00 bits per heavy atom. The third-order valence-corrected chi connectivity index (χ3v) is 3.93. The monoisotopic (exact) mass is 376 g/mol. The van der Waals surface area contributed by atoms with Gasteiger partial charge >= 0.3 is 0 Å². The highest BCUT2D eigenvalue weighted by molar-refractivity contribution is 7.16. The van der Waals surface area contributed by atoms with E-state index in [1.807, 2.05) is 6.07 Å². The van der Waals surface area contributed by atoms with Crippen molar-refractivity contribution in [2.24, 2.45) is 0 Å². The van der Waals surface area contributed by atoms with Gasteiger partial charge in [0.1, 0.15) is 27.7 Å². The van der Waals surface area contributed by atoms with Crippen LogP contribution >= 0.6 is 22.9 Å². The maximum Gasteiger partial charge on any atom is 0.226 e. The van der Waals surface area contributed by atoms with Crippen molar-refractivity contribution in [3.8, 4) is 6.07 Å². The van der Waals surface area contributed by atoms with E-state index in [1.54, 1.807) is 6.92 Å². The zero-order valence-corrected chi connectivity index (χ0v) is 14.3. The van der Waals surface area contributed by atoms with Crippen LogP contribution < -0.4 is 10.6 Å². The minimum absolute atomic E-state index is 0.212. The number of thiazole rings is 1. The van der Waals surface area contributed by atoms with Gasteiger partial charge in [-0.05, 0) is 6.92 Å². The van der Waals surface area contributed by atoms with Gasteiger partial charge in [-0.15, -0.1) is 0 Å². The van der Waals surface area contributed by atoms with Crippen molar-refractivity contribution in [2.45, 2.75) is 13.0 Å². The summed E-state index contributed by atoms with van der Waals surface area (Å²) in [5.41, 5.74) is 0. The first kappa shape index (κ1) is 16.9. The number of aromatic nitrogens is 5. The molecule has 3 heterocycles. The normalized spacial score (nSPS) is 11.6. The van der Waals surface area contributed by atoms with Crippen LogP contribution in [0.25, 0.3) is 0 Å². The molecule has 3 aromatic heterocycles. The van der Waals surface area contributed by atoms with E-state index in [0.29, 0.717) is 21.7 Å². The number of rotatable bonds is 5. The predicted molar refractivity (Wildman–Crippen MR) is 91.2 cm³/mol. The summed E-state index contributed by atoms with van der Waals surface area (Å²) >= 11 is 7.21. The summed E-state index contributed by atoms with van der Waals surface area (Å²) in [7, 11) is 0. The molecule has 0 aromatic carbocycles. The molecule has 0 amide bonds.